The molecule has 0 radical (unpaired) electrons. The van der Waals surface area contributed by atoms with Gasteiger partial charge in [-0.3, -0.25) is 9.48 Å². The Balaban J connectivity index is 1.25. The first-order valence-electron chi connectivity index (χ1n) is 15.9. The summed E-state index contributed by atoms with van der Waals surface area (Å²) in [5, 5.41) is 22.5. The monoisotopic (exact) mass is 608 g/mol. The molecule has 0 saturated carbocycles. The number of anilines is 3. The molecule has 6 heterocycles. The molecular weight excluding hydrogens is 568 g/mol. The van der Waals surface area contributed by atoms with E-state index >= 15 is 0 Å². The minimum absolute atomic E-state index is 0.00918. The standard InChI is InChI=1S/C34H40N8O3/c1-4-41-32(44)25-11-10-24(18-29(25)42(41)22(2)3)36-30-19-27(37-28(21-43)23-8-6-5-7-9-23)26(20-35-30)31-38-33(39-45-31)34-12-15-40(16-13-34)17-14-34/h5-11,18-20,22,28,43H,4,12-17,21H2,1-3H3,(H2,35,36,37)/t28-/m1/s1. The highest BCUT2D eigenvalue weighted by atomic mass is 16.5. The molecular formula is C34H40N8O3. The molecule has 11 nitrogen and oxygen atoms in total. The summed E-state index contributed by atoms with van der Waals surface area (Å²) in [5.41, 5.74) is 3.97. The summed E-state index contributed by atoms with van der Waals surface area (Å²) < 4.78 is 9.73. The Morgan fingerprint density at radius 3 is 2.49 bits per heavy atom. The highest BCUT2D eigenvalue weighted by Gasteiger charge is 2.44. The molecule has 0 unspecified atom stereocenters. The maximum atomic E-state index is 13.0. The molecule has 3 aliphatic rings. The number of hydrogen-bond acceptors (Lipinski definition) is 9. The van der Waals surface area contributed by atoms with Crippen molar-refractivity contribution in [3.8, 4) is 11.5 Å². The first-order valence-corrected chi connectivity index (χ1v) is 15.9. The van der Waals surface area contributed by atoms with Crippen LogP contribution in [0.4, 0.5) is 17.2 Å². The molecule has 8 rings (SSSR count). The van der Waals surface area contributed by atoms with Crippen LogP contribution in [-0.4, -0.2) is 60.7 Å². The average molecular weight is 609 g/mol. The van der Waals surface area contributed by atoms with Gasteiger partial charge in [-0.25, -0.2) is 9.67 Å². The van der Waals surface area contributed by atoms with E-state index in [1.165, 1.54) is 0 Å². The Hall–Kier alpha value is -4.48. The molecule has 3 aliphatic heterocycles. The van der Waals surface area contributed by atoms with Gasteiger partial charge < -0.3 is 25.2 Å². The second-order valence-electron chi connectivity index (χ2n) is 12.5. The molecule has 3 fully saturated rings. The number of nitrogens with zero attached hydrogens (tertiary/aromatic N) is 6. The van der Waals surface area contributed by atoms with Gasteiger partial charge in [-0.2, -0.15) is 4.98 Å². The molecule has 234 valence electrons. The summed E-state index contributed by atoms with van der Waals surface area (Å²) >= 11 is 0. The number of rotatable bonds is 10. The summed E-state index contributed by atoms with van der Waals surface area (Å²) in [6, 6.07) is 17.2. The van der Waals surface area contributed by atoms with Crippen LogP contribution in [0.5, 0.6) is 0 Å². The molecule has 0 aliphatic carbocycles. The van der Waals surface area contributed by atoms with Crippen LogP contribution in [0.15, 0.2) is 70.1 Å². The van der Waals surface area contributed by atoms with Gasteiger partial charge >= 0.3 is 0 Å². The van der Waals surface area contributed by atoms with Crippen LogP contribution in [-0.2, 0) is 12.0 Å². The maximum absolute atomic E-state index is 13.0. The van der Waals surface area contributed by atoms with Gasteiger partial charge in [-0.15, -0.1) is 0 Å². The third-order valence-corrected chi connectivity index (χ3v) is 9.50. The lowest BCUT2D eigenvalue weighted by Crippen LogP contribution is -2.51. The molecule has 5 aromatic rings. The van der Waals surface area contributed by atoms with Gasteiger partial charge in [0, 0.05) is 36.0 Å². The Bertz CT molecular complexity index is 1850. The van der Waals surface area contributed by atoms with Crippen molar-refractivity contribution >= 4 is 28.1 Å². The Kier molecular flexibility index (Phi) is 7.66. The smallest absolute Gasteiger partial charge is 0.274 e. The van der Waals surface area contributed by atoms with Gasteiger partial charge in [-0.05, 0) is 83.4 Å². The molecule has 2 aromatic carbocycles. The Labute approximate surface area is 261 Å². The van der Waals surface area contributed by atoms with E-state index in [0.717, 1.165) is 61.5 Å². The summed E-state index contributed by atoms with van der Waals surface area (Å²) in [6.07, 6.45) is 4.85. The van der Waals surface area contributed by atoms with Crippen LogP contribution >= 0.6 is 0 Å². The second kappa shape index (κ2) is 11.8. The van der Waals surface area contributed by atoms with E-state index in [0.29, 0.717) is 34.9 Å². The number of fused-ring (bicyclic) bond motifs is 4. The molecule has 3 aromatic heterocycles. The number of nitrogens with one attached hydrogen (secondary N) is 2. The third-order valence-electron chi connectivity index (χ3n) is 9.50. The number of hydrogen-bond donors (Lipinski definition) is 3. The maximum Gasteiger partial charge on any atom is 0.274 e. The van der Waals surface area contributed by atoms with Crippen molar-refractivity contribution in [1.29, 1.82) is 0 Å². The number of pyridine rings is 1. The van der Waals surface area contributed by atoms with Gasteiger partial charge in [0.1, 0.15) is 5.82 Å². The quantitative estimate of drug-likeness (QED) is 0.189. The van der Waals surface area contributed by atoms with Crippen molar-refractivity contribution in [3.63, 3.8) is 0 Å². The molecule has 2 bridgehead atoms. The molecule has 45 heavy (non-hydrogen) atoms. The number of aromatic nitrogens is 5. The lowest BCUT2D eigenvalue weighted by Gasteiger charge is -2.46. The van der Waals surface area contributed by atoms with Gasteiger partial charge in [0.15, 0.2) is 5.82 Å². The van der Waals surface area contributed by atoms with Crippen molar-refractivity contribution in [1.82, 2.24) is 29.4 Å². The van der Waals surface area contributed by atoms with Crippen molar-refractivity contribution in [3.05, 3.63) is 82.5 Å². The molecule has 0 spiro atoms. The molecule has 11 heteroatoms. The molecule has 1 atom stereocenters. The second-order valence-corrected chi connectivity index (χ2v) is 12.5. The van der Waals surface area contributed by atoms with E-state index in [1.807, 2.05) is 66.2 Å². The zero-order chi connectivity index (χ0) is 31.1. The fourth-order valence-electron chi connectivity index (χ4n) is 6.98. The fraction of sp³-hybridized carbons (Fsp3) is 0.412. The number of aliphatic hydroxyl groups is 1. The zero-order valence-electron chi connectivity index (χ0n) is 26.0. The van der Waals surface area contributed by atoms with E-state index < -0.39 is 0 Å². The predicted octanol–water partition coefficient (Wildman–Crippen LogP) is 5.48. The fourth-order valence-corrected chi connectivity index (χ4v) is 6.98. The zero-order valence-corrected chi connectivity index (χ0v) is 26.0. The molecule has 0 amide bonds. The molecule has 3 saturated heterocycles. The highest BCUT2D eigenvalue weighted by Crippen LogP contribution is 2.42. The van der Waals surface area contributed by atoms with Crippen LogP contribution in [0.1, 0.15) is 63.5 Å². The van der Waals surface area contributed by atoms with Crippen molar-refractivity contribution in [2.45, 2.75) is 64.1 Å². The molecule has 3 N–H and O–H groups in total. The summed E-state index contributed by atoms with van der Waals surface area (Å²) in [5.74, 6) is 1.77. The van der Waals surface area contributed by atoms with E-state index in [-0.39, 0.29) is 29.7 Å². The Morgan fingerprint density at radius 2 is 1.80 bits per heavy atom. The Morgan fingerprint density at radius 1 is 1.04 bits per heavy atom. The average Bonchev–Trinajstić information content (AvgIpc) is 3.68. The van der Waals surface area contributed by atoms with Crippen LogP contribution in [0.3, 0.4) is 0 Å². The number of piperidine rings is 3. The first kappa shape index (κ1) is 29.2. The predicted molar refractivity (Wildman–Crippen MR) is 175 cm³/mol. The van der Waals surface area contributed by atoms with Crippen molar-refractivity contribution in [2.24, 2.45) is 0 Å². The summed E-state index contributed by atoms with van der Waals surface area (Å²) in [4.78, 5) is 25.2. The minimum atomic E-state index is -0.366. The van der Waals surface area contributed by atoms with Crippen LogP contribution < -0.4 is 16.2 Å². The van der Waals surface area contributed by atoms with Gasteiger partial charge in [0.05, 0.1) is 34.8 Å². The summed E-state index contributed by atoms with van der Waals surface area (Å²) in [7, 11) is 0. The largest absolute Gasteiger partial charge is 0.394 e. The van der Waals surface area contributed by atoms with E-state index in [9.17, 15) is 9.90 Å². The first-order chi connectivity index (χ1) is 21.9. The van der Waals surface area contributed by atoms with Gasteiger partial charge in [0.25, 0.3) is 11.4 Å². The minimum Gasteiger partial charge on any atom is -0.394 e. The van der Waals surface area contributed by atoms with E-state index in [4.69, 9.17) is 14.5 Å². The van der Waals surface area contributed by atoms with Crippen LogP contribution in [0.25, 0.3) is 22.4 Å². The highest BCUT2D eigenvalue weighted by molar-refractivity contribution is 5.84. The van der Waals surface area contributed by atoms with Gasteiger partial charge in [-0.1, -0.05) is 35.5 Å². The number of aliphatic hydroxyl groups excluding tert-OH is 1. The topological polar surface area (TPSA) is 126 Å². The third kappa shape index (κ3) is 5.29. The summed E-state index contributed by atoms with van der Waals surface area (Å²) in [6.45, 7) is 9.82. The van der Waals surface area contributed by atoms with Crippen LogP contribution in [0.2, 0.25) is 0 Å². The van der Waals surface area contributed by atoms with Crippen molar-refractivity contribution < 1.29 is 9.63 Å². The van der Waals surface area contributed by atoms with E-state index in [2.05, 4.69) is 34.5 Å². The van der Waals surface area contributed by atoms with Crippen molar-refractivity contribution in [2.75, 3.05) is 36.9 Å². The lowest BCUT2D eigenvalue weighted by atomic mass is 9.71. The van der Waals surface area contributed by atoms with Crippen LogP contribution in [0, 0.1) is 0 Å². The normalized spacial score (nSPS) is 20.2. The SMILES string of the molecule is CCn1c(=O)c2ccc(Nc3cc(N[C@H](CO)c4ccccc4)c(-c4nc(C56CCN(CC5)CC6)no4)cn3)cc2n1C(C)C. The lowest BCUT2D eigenvalue weighted by molar-refractivity contribution is 0.0747. The number of benzene rings is 2. The van der Waals surface area contributed by atoms with Gasteiger partial charge in [0.2, 0.25) is 0 Å². The van der Waals surface area contributed by atoms with E-state index in [1.54, 1.807) is 10.9 Å².